The van der Waals surface area contributed by atoms with Crippen LogP contribution in [0.5, 0.6) is 0 Å². The van der Waals surface area contributed by atoms with E-state index in [1.165, 1.54) is 11.1 Å². The third-order valence-corrected chi connectivity index (χ3v) is 3.63. The second-order valence-electron chi connectivity index (χ2n) is 5.57. The van der Waals surface area contributed by atoms with E-state index in [1.807, 2.05) is 12.4 Å². The molecule has 0 bridgehead atoms. The number of nitrogens with one attached hydrogen (secondary N) is 1. The molecule has 3 heteroatoms. The molecule has 2 aromatic heterocycles. The summed E-state index contributed by atoms with van der Waals surface area (Å²) in [5.74, 6) is 0.603. The highest BCUT2D eigenvalue weighted by atomic mass is 15.0. The van der Waals surface area contributed by atoms with Crippen LogP contribution < -0.4 is 5.32 Å². The van der Waals surface area contributed by atoms with Crippen LogP contribution in [-0.4, -0.2) is 16.1 Å². The zero-order valence-electron chi connectivity index (χ0n) is 12.7. The van der Waals surface area contributed by atoms with Crippen LogP contribution in [0.4, 0.5) is 0 Å². The molecule has 0 aliphatic carbocycles. The molecule has 0 spiro atoms. The van der Waals surface area contributed by atoms with Gasteiger partial charge in [-0.3, -0.25) is 4.98 Å². The summed E-state index contributed by atoms with van der Waals surface area (Å²) in [6.07, 6.45) is 9.22. The lowest BCUT2D eigenvalue weighted by molar-refractivity contribution is 0.421. The van der Waals surface area contributed by atoms with Gasteiger partial charge in [0, 0.05) is 37.4 Å². The molecule has 20 heavy (non-hydrogen) atoms. The van der Waals surface area contributed by atoms with Crippen LogP contribution >= 0.6 is 0 Å². The number of pyridine rings is 1. The molecule has 0 amide bonds. The van der Waals surface area contributed by atoms with Gasteiger partial charge in [-0.2, -0.15) is 0 Å². The Kier molecular flexibility index (Phi) is 5.36. The fraction of sp³-hybridized carbons (Fsp3) is 0.471. The molecule has 3 nitrogen and oxygen atoms in total. The van der Waals surface area contributed by atoms with Crippen molar-refractivity contribution in [2.75, 3.05) is 6.54 Å². The molecule has 1 unspecified atom stereocenters. The number of nitrogens with zero attached hydrogens (tertiary/aromatic N) is 2. The van der Waals surface area contributed by atoms with Gasteiger partial charge in [-0.1, -0.05) is 20.8 Å². The Morgan fingerprint density at radius 3 is 2.60 bits per heavy atom. The minimum Gasteiger partial charge on any atom is -0.354 e. The Morgan fingerprint density at radius 1 is 1.20 bits per heavy atom. The van der Waals surface area contributed by atoms with Crippen LogP contribution in [0, 0.1) is 5.92 Å². The van der Waals surface area contributed by atoms with E-state index in [9.17, 15) is 0 Å². The highest BCUT2D eigenvalue weighted by molar-refractivity contribution is 5.17. The lowest BCUT2D eigenvalue weighted by atomic mass is 9.98. The average molecular weight is 271 g/mol. The molecule has 2 rings (SSSR count). The monoisotopic (exact) mass is 271 g/mol. The van der Waals surface area contributed by atoms with Crippen LogP contribution in [0.2, 0.25) is 0 Å². The second-order valence-corrected chi connectivity index (χ2v) is 5.57. The van der Waals surface area contributed by atoms with Crippen molar-refractivity contribution < 1.29 is 0 Å². The van der Waals surface area contributed by atoms with Crippen LogP contribution in [0.15, 0.2) is 43.0 Å². The van der Waals surface area contributed by atoms with Crippen molar-refractivity contribution in [1.29, 1.82) is 0 Å². The lowest BCUT2D eigenvalue weighted by Gasteiger charge is -2.20. The normalized spacial score (nSPS) is 12.8. The summed E-state index contributed by atoms with van der Waals surface area (Å²) in [6, 6.07) is 6.85. The van der Waals surface area contributed by atoms with Gasteiger partial charge in [0.1, 0.15) is 0 Å². The van der Waals surface area contributed by atoms with E-state index in [1.54, 1.807) is 0 Å². The van der Waals surface area contributed by atoms with E-state index in [-0.39, 0.29) is 0 Å². The third-order valence-electron chi connectivity index (χ3n) is 3.63. The number of hydrogen-bond donors (Lipinski definition) is 1. The molecule has 0 saturated heterocycles. The Balaban J connectivity index is 1.98. The maximum absolute atomic E-state index is 4.05. The molecule has 108 valence electrons. The molecule has 0 saturated carbocycles. The summed E-state index contributed by atoms with van der Waals surface area (Å²) < 4.78 is 2.28. The summed E-state index contributed by atoms with van der Waals surface area (Å²) in [5.41, 5.74) is 2.72. The first-order valence-corrected chi connectivity index (χ1v) is 7.48. The Morgan fingerprint density at radius 2 is 1.95 bits per heavy atom. The number of rotatable bonds is 7. The molecule has 1 N–H and O–H groups in total. The van der Waals surface area contributed by atoms with Gasteiger partial charge in [0.05, 0.1) is 0 Å². The molecule has 0 radical (unpaired) electrons. The van der Waals surface area contributed by atoms with Crippen molar-refractivity contribution in [2.45, 2.75) is 39.8 Å². The van der Waals surface area contributed by atoms with E-state index in [0.29, 0.717) is 12.0 Å². The fourth-order valence-corrected chi connectivity index (χ4v) is 2.55. The standard InChI is InChI=1S/C17H25N3/c1-4-19-17(14(2)3)16-8-12-20(13-16)11-7-15-5-9-18-10-6-15/h5-6,8-10,12-14,17,19H,4,7,11H2,1-3H3. The molecule has 0 aliphatic heterocycles. The summed E-state index contributed by atoms with van der Waals surface area (Å²) in [4.78, 5) is 4.05. The highest BCUT2D eigenvalue weighted by Crippen LogP contribution is 2.21. The largest absolute Gasteiger partial charge is 0.354 e. The predicted molar refractivity (Wildman–Crippen MR) is 83.6 cm³/mol. The van der Waals surface area contributed by atoms with Gasteiger partial charge in [-0.05, 0) is 48.2 Å². The van der Waals surface area contributed by atoms with E-state index in [0.717, 1.165) is 19.5 Å². The average Bonchev–Trinajstić information content (AvgIpc) is 2.92. The van der Waals surface area contributed by atoms with E-state index >= 15 is 0 Å². The van der Waals surface area contributed by atoms with Crippen molar-refractivity contribution in [3.8, 4) is 0 Å². The number of hydrogen-bond acceptors (Lipinski definition) is 2. The van der Waals surface area contributed by atoms with Crippen molar-refractivity contribution in [2.24, 2.45) is 5.92 Å². The maximum Gasteiger partial charge on any atom is 0.0358 e. The van der Waals surface area contributed by atoms with Gasteiger partial charge in [-0.15, -0.1) is 0 Å². The quantitative estimate of drug-likeness (QED) is 0.836. The number of aromatic nitrogens is 2. The number of aryl methyl sites for hydroxylation is 2. The zero-order chi connectivity index (χ0) is 14.4. The second kappa shape index (κ2) is 7.25. The van der Waals surface area contributed by atoms with Gasteiger partial charge < -0.3 is 9.88 Å². The van der Waals surface area contributed by atoms with E-state index in [4.69, 9.17) is 0 Å². The van der Waals surface area contributed by atoms with Crippen molar-refractivity contribution in [3.05, 3.63) is 54.1 Å². The first kappa shape index (κ1) is 14.8. The molecule has 0 fully saturated rings. The molecular formula is C17H25N3. The van der Waals surface area contributed by atoms with Crippen molar-refractivity contribution >= 4 is 0 Å². The topological polar surface area (TPSA) is 29.9 Å². The third kappa shape index (κ3) is 3.94. The smallest absolute Gasteiger partial charge is 0.0358 e. The Hall–Kier alpha value is -1.61. The van der Waals surface area contributed by atoms with Gasteiger partial charge in [0.2, 0.25) is 0 Å². The molecule has 1 atom stereocenters. The van der Waals surface area contributed by atoms with Crippen molar-refractivity contribution in [3.63, 3.8) is 0 Å². The highest BCUT2D eigenvalue weighted by Gasteiger charge is 2.15. The minimum atomic E-state index is 0.446. The van der Waals surface area contributed by atoms with Gasteiger partial charge in [0.15, 0.2) is 0 Å². The lowest BCUT2D eigenvalue weighted by Crippen LogP contribution is -2.25. The first-order chi connectivity index (χ1) is 9.70. The van der Waals surface area contributed by atoms with Gasteiger partial charge >= 0.3 is 0 Å². The minimum absolute atomic E-state index is 0.446. The van der Waals surface area contributed by atoms with Crippen molar-refractivity contribution in [1.82, 2.24) is 14.9 Å². The first-order valence-electron chi connectivity index (χ1n) is 7.48. The molecule has 0 aliphatic rings. The SMILES string of the molecule is CCNC(c1ccn(CCc2ccncc2)c1)C(C)C. The van der Waals surface area contributed by atoms with Gasteiger partial charge in [0.25, 0.3) is 0 Å². The predicted octanol–water partition coefficient (Wildman–Crippen LogP) is 3.43. The molecule has 2 aromatic rings. The summed E-state index contributed by atoms with van der Waals surface area (Å²) >= 11 is 0. The van der Waals surface area contributed by atoms with Gasteiger partial charge in [-0.25, -0.2) is 0 Å². The Labute approximate surface area is 122 Å². The molecule has 0 aromatic carbocycles. The summed E-state index contributed by atoms with van der Waals surface area (Å²) in [5, 5.41) is 3.56. The Bertz CT molecular complexity index is 502. The molecular weight excluding hydrogens is 246 g/mol. The van der Waals surface area contributed by atoms with E-state index < -0.39 is 0 Å². The maximum atomic E-state index is 4.05. The summed E-state index contributed by atoms with van der Waals surface area (Å²) in [6.45, 7) is 8.71. The van der Waals surface area contributed by atoms with E-state index in [2.05, 4.69) is 66.2 Å². The van der Waals surface area contributed by atoms with Crippen LogP contribution in [0.25, 0.3) is 0 Å². The van der Waals surface area contributed by atoms with Crippen LogP contribution in [0.3, 0.4) is 0 Å². The summed E-state index contributed by atoms with van der Waals surface area (Å²) in [7, 11) is 0. The fourth-order valence-electron chi connectivity index (χ4n) is 2.55. The molecule has 2 heterocycles. The van der Waals surface area contributed by atoms with Crippen LogP contribution in [-0.2, 0) is 13.0 Å². The van der Waals surface area contributed by atoms with Crippen LogP contribution in [0.1, 0.15) is 37.9 Å². The zero-order valence-corrected chi connectivity index (χ0v) is 12.7.